The molecule has 2 aromatic carbocycles. The summed E-state index contributed by atoms with van der Waals surface area (Å²) in [6, 6.07) is 17.8. The molecule has 0 saturated heterocycles. The van der Waals surface area contributed by atoms with Gasteiger partial charge in [-0.1, -0.05) is 42.1 Å². The highest BCUT2D eigenvalue weighted by Gasteiger charge is 2.02. The Morgan fingerprint density at radius 3 is 2.42 bits per heavy atom. The topological polar surface area (TPSA) is 35.2 Å². The van der Waals surface area contributed by atoms with Crippen molar-refractivity contribution in [1.29, 1.82) is 0 Å². The zero-order valence-electron chi connectivity index (χ0n) is 10.9. The van der Waals surface area contributed by atoms with Gasteiger partial charge in [-0.2, -0.15) is 0 Å². The summed E-state index contributed by atoms with van der Waals surface area (Å²) in [5, 5.41) is 0. The van der Waals surface area contributed by atoms with Gasteiger partial charge >= 0.3 is 0 Å². The Balaban J connectivity index is 1.83. The summed E-state index contributed by atoms with van der Waals surface area (Å²) in [6.07, 6.45) is 2.13. The minimum Gasteiger partial charge on any atom is -0.495 e. The summed E-state index contributed by atoms with van der Waals surface area (Å²) >= 11 is 0. The predicted octanol–water partition coefficient (Wildman–Crippen LogP) is 3.37. The van der Waals surface area contributed by atoms with E-state index in [1.807, 2.05) is 42.5 Å². The molecule has 2 radical (unpaired) electrons. The lowest BCUT2D eigenvalue weighted by Crippen LogP contribution is -2.18. The van der Waals surface area contributed by atoms with E-state index in [9.17, 15) is 0 Å². The van der Waals surface area contributed by atoms with E-state index in [0.717, 1.165) is 11.4 Å². The summed E-state index contributed by atoms with van der Waals surface area (Å²) in [7, 11) is 0.620. The Bertz CT molecular complexity index is 522. The third-order valence-electron chi connectivity index (χ3n) is 2.60. The fourth-order valence-corrected chi connectivity index (χ4v) is 2.39. The van der Waals surface area contributed by atoms with Crippen molar-refractivity contribution in [3.63, 3.8) is 0 Å². The minimum absolute atomic E-state index is 0.170. The van der Waals surface area contributed by atoms with Crippen LogP contribution in [0, 0.1) is 0 Å². The van der Waals surface area contributed by atoms with Gasteiger partial charge in [-0.05, 0) is 36.8 Å². The van der Waals surface area contributed by atoms with Crippen LogP contribution in [-0.4, -0.2) is 15.2 Å². The van der Waals surface area contributed by atoms with Crippen LogP contribution in [0.1, 0.15) is 12.5 Å². The van der Waals surface area contributed by atoms with Gasteiger partial charge in [0.2, 0.25) is 0 Å². The first-order valence-corrected chi connectivity index (χ1v) is 7.39. The quantitative estimate of drug-likeness (QED) is 0.666. The molecular formula is C16H17NOSi. The third-order valence-corrected chi connectivity index (χ3v) is 3.55. The molecule has 1 unspecified atom stereocenters. The number of hydrogen-bond donors (Lipinski definition) is 1. The van der Waals surface area contributed by atoms with Crippen molar-refractivity contribution in [3.05, 3.63) is 65.9 Å². The highest BCUT2D eigenvalue weighted by atomic mass is 28.2. The van der Waals surface area contributed by atoms with Crippen molar-refractivity contribution in [3.8, 4) is 5.75 Å². The van der Waals surface area contributed by atoms with Crippen molar-refractivity contribution in [1.82, 2.24) is 0 Å². The molecule has 0 aliphatic carbocycles. The van der Waals surface area contributed by atoms with E-state index in [-0.39, 0.29) is 5.73 Å². The molecule has 2 nitrogen and oxygen atoms in total. The fraction of sp³-hybridized carbons (Fsp3) is 0.125. The van der Waals surface area contributed by atoms with E-state index < -0.39 is 0 Å². The van der Waals surface area contributed by atoms with E-state index >= 15 is 0 Å². The summed E-state index contributed by atoms with van der Waals surface area (Å²) in [4.78, 5) is 0. The van der Waals surface area contributed by atoms with Crippen LogP contribution in [0.4, 0.5) is 5.69 Å². The lowest BCUT2D eigenvalue weighted by molar-refractivity contribution is 0.298. The number of benzene rings is 2. The van der Waals surface area contributed by atoms with Crippen molar-refractivity contribution in [2.45, 2.75) is 12.7 Å². The average molecular weight is 267 g/mol. The lowest BCUT2D eigenvalue weighted by Gasteiger charge is -2.12. The number of nitrogen functional groups attached to an aromatic ring is 1. The molecule has 2 aromatic rings. The molecule has 3 heteroatoms. The molecule has 2 N–H and O–H groups in total. The summed E-state index contributed by atoms with van der Waals surface area (Å²) in [5.41, 5.74) is 9.94. The Hall–Kier alpha value is -2.00. The van der Waals surface area contributed by atoms with Crippen LogP contribution in [0.15, 0.2) is 60.3 Å². The number of nitrogens with two attached hydrogens (primary N) is 1. The van der Waals surface area contributed by atoms with Crippen molar-refractivity contribution in [2.24, 2.45) is 0 Å². The Kier molecular flexibility index (Phi) is 4.81. The van der Waals surface area contributed by atoms with Crippen LogP contribution in [0.25, 0.3) is 6.08 Å². The molecule has 0 bridgehead atoms. The Morgan fingerprint density at radius 2 is 1.74 bits per heavy atom. The van der Waals surface area contributed by atoms with Gasteiger partial charge in [0.15, 0.2) is 0 Å². The molecule has 1 atom stereocenters. The largest absolute Gasteiger partial charge is 0.495 e. The molecule has 0 aliphatic heterocycles. The maximum atomic E-state index is 5.81. The second kappa shape index (κ2) is 6.80. The monoisotopic (exact) mass is 267 g/mol. The van der Waals surface area contributed by atoms with Crippen LogP contribution in [0.2, 0.25) is 0 Å². The lowest BCUT2D eigenvalue weighted by atomic mass is 10.2. The maximum Gasteiger partial charge on any atom is 0.125 e. The van der Waals surface area contributed by atoms with Crippen LogP contribution >= 0.6 is 0 Å². The van der Waals surface area contributed by atoms with Gasteiger partial charge in [-0.3, -0.25) is 0 Å². The van der Waals surface area contributed by atoms with Crippen molar-refractivity contribution >= 4 is 21.3 Å². The second-order valence-corrected chi connectivity index (χ2v) is 5.72. The molecule has 0 fully saturated rings. The zero-order valence-corrected chi connectivity index (χ0v) is 11.9. The standard InChI is InChI=1S/C16H17NOSi/c1-13(18-16-9-7-15(17)8-10-16)19-12-11-14-5-3-2-4-6-14/h2-13H,17H2,1H3. The van der Waals surface area contributed by atoms with Gasteiger partial charge in [0.1, 0.15) is 15.3 Å². The number of hydrogen-bond acceptors (Lipinski definition) is 2. The summed E-state index contributed by atoms with van der Waals surface area (Å²) < 4.78 is 5.81. The van der Waals surface area contributed by atoms with Gasteiger partial charge < -0.3 is 10.5 Å². The fourth-order valence-electron chi connectivity index (χ4n) is 1.63. The number of anilines is 1. The van der Waals surface area contributed by atoms with E-state index in [2.05, 4.69) is 30.8 Å². The first kappa shape index (κ1) is 13.4. The van der Waals surface area contributed by atoms with Gasteiger partial charge in [0.25, 0.3) is 0 Å². The number of rotatable bonds is 5. The third kappa shape index (κ3) is 4.64. The van der Waals surface area contributed by atoms with Crippen LogP contribution in [0.5, 0.6) is 5.75 Å². The number of ether oxygens (including phenoxy) is 1. The highest BCUT2D eigenvalue weighted by molar-refractivity contribution is 6.44. The van der Waals surface area contributed by atoms with Crippen LogP contribution in [0.3, 0.4) is 0 Å². The van der Waals surface area contributed by atoms with Gasteiger partial charge in [-0.15, -0.1) is 0 Å². The summed E-state index contributed by atoms with van der Waals surface area (Å²) in [6.45, 7) is 2.07. The molecular weight excluding hydrogens is 250 g/mol. The predicted molar refractivity (Wildman–Crippen MR) is 82.2 cm³/mol. The zero-order chi connectivity index (χ0) is 13.5. The van der Waals surface area contributed by atoms with Crippen LogP contribution < -0.4 is 10.5 Å². The molecule has 96 valence electrons. The molecule has 0 spiro atoms. The van der Waals surface area contributed by atoms with E-state index in [1.54, 1.807) is 0 Å². The molecule has 0 amide bonds. The maximum absolute atomic E-state index is 5.81. The van der Waals surface area contributed by atoms with E-state index in [0.29, 0.717) is 9.52 Å². The average Bonchev–Trinajstić information content (AvgIpc) is 2.43. The molecule has 0 saturated carbocycles. The van der Waals surface area contributed by atoms with Crippen molar-refractivity contribution in [2.75, 3.05) is 5.73 Å². The van der Waals surface area contributed by atoms with Crippen LogP contribution in [-0.2, 0) is 0 Å². The Morgan fingerprint density at radius 1 is 1.05 bits per heavy atom. The SMILES string of the molecule is CC(Oc1ccc(N)cc1)[Si]C=Cc1ccccc1. The Labute approximate surface area is 116 Å². The highest BCUT2D eigenvalue weighted by Crippen LogP contribution is 2.14. The molecule has 2 rings (SSSR count). The summed E-state index contributed by atoms with van der Waals surface area (Å²) in [5.74, 6) is 0.863. The first-order chi connectivity index (χ1) is 9.24. The normalized spacial score (nSPS) is 12.5. The minimum atomic E-state index is 0.170. The van der Waals surface area contributed by atoms with Gasteiger partial charge in [0.05, 0.1) is 5.73 Å². The molecule has 0 aliphatic rings. The van der Waals surface area contributed by atoms with Gasteiger partial charge in [0, 0.05) is 5.69 Å². The van der Waals surface area contributed by atoms with E-state index in [1.165, 1.54) is 5.56 Å². The molecule has 0 heterocycles. The molecule has 19 heavy (non-hydrogen) atoms. The van der Waals surface area contributed by atoms with E-state index in [4.69, 9.17) is 10.5 Å². The smallest absolute Gasteiger partial charge is 0.125 e. The van der Waals surface area contributed by atoms with Gasteiger partial charge in [-0.25, -0.2) is 0 Å². The molecule has 0 aromatic heterocycles. The van der Waals surface area contributed by atoms with Crippen molar-refractivity contribution < 1.29 is 4.74 Å². The first-order valence-electron chi connectivity index (χ1n) is 6.24. The second-order valence-electron chi connectivity index (χ2n) is 4.24.